The molecule has 0 saturated carbocycles. The fraction of sp³-hybridized carbons (Fsp3) is 0.705. The van der Waals surface area contributed by atoms with E-state index in [0.717, 1.165) is 30.0 Å². The van der Waals surface area contributed by atoms with Gasteiger partial charge in [-0.25, -0.2) is 4.98 Å². The molecule has 3 N–H and O–H groups in total. The highest BCUT2D eigenvalue weighted by Crippen LogP contribution is 2.30. The van der Waals surface area contributed by atoms with Gasteiger partial charge in [0, 0.05) is 52.5 Å². The van der Waals surface area contributed by atoms with Crippen LogP contribution in [0.4, 0.5) is 0 Å². The van der Waals surface area contributed by atoms with Gasteiger partial charge in [0.25, 0.3) is 0 Å². The van der Waals surface area contributed by atoms with Crippen LogP contribution in [-0.2, 0) is 35.1 Å². The molecule has 1 aliphatic rings. The van der Waals surface area contributed by atoms with Gasteiger partial charge in [-0.3, -0.25) is 24.1 Å². The quantitative estimate of drug-likeness (QED) is 0.136. The van der Waals surface area contributed by atoms with Gasteiger partial charge in [-0.1, -0.05) is 85.2 Å². The van der Waals surface area contributed by atoms with Crippen molar-refractivity contribution in [2.45, 2.75) is 123 Å². The lowest BCUT2D eigenvalue weighted by Gasteiger charge is -2.41. The Labute approximate surface area is 352 Å². The number of aromatic nitrogens is 1. The first-order chi connectivity index (χ1) is 27.6. The average molecular weight is 828 g/mol. The molecular formula is C44H73N7O6S. The van der Waals surface area contributed by atoms with Crippen LogP contribution in [0, 0.1) is 23.7 Å². The van der Waals surface area contributed by atoms with Crippen molar-refractivity contribution < 1.29 is 28.7 Å². The third-order valence-corrected chi connectivity index (χ3v) is 12.8. The van der Waals surface area contributed by atoms with Gasteiger partial charge in [-0.15, -0.1) is 11.3 Å². The monoisotopic (exact) mass is 828 g/mol. The highest BCUT2D eigenvalue weighted by atomic mass is 32.1. The lowest BCUT2D eigenvalue weighted by molar-refractivity contribution is -0.148. The van der Waals surface area contributed by atoms with Crippen LogP contribution in [-0.4, -0.2) is 135 Å². The maximum Gasteiger partial charge on any atom is 0.245 e. The van der Waals surface area contributed by atoms with Crippen LogP contribution in [0.15, 0.2) is 41.9 Å². The minimum absolute atomic E-state index is 0.0159. The Hall–Kier alpha value is -3.43. The second kappa shape index (κ2) is 24.0. The first-order valence-corrected chi connectivity index (χ1v) is 22.0. The van der Waals surface area contributed by atoms with E-state index in [1.807, 2.05) is 94.2 Å². The Balaban J connectivity index is 1.79. The van der Waals surface area contributed by atoms with E-state index in [9.17, 15) is 19.2 Å². The Morgan fingerprint density at radius 2 is 1.66 bits per heavy atom. The molecule has 1 aromatic heterocycles. The minimum atomic E-state index is -0.767. The van der Waals surface area contributed by atoms with Crippen LogP contribution >= 0.6 is 11.3 Å². The zero-order valence-electron chi connectivity index (χ0n) is 37.2. The van der Waals surface area contributed by atoms with E-state index in [1.54, 1.807) is 32.4 Å². The van der Waals surface area contributed by atoms with Gasteiger partial charge in [0.15, 0.2) is 0 Å². The number of hydrogen-bond donors (Lipinski definition) is 3. The largest absolute Gasteiger partial charge is 0.379 e. The summed E-state index contributed by atoms with van der Waals surface area (Å²) in [7, 11) is 8.75. The summed E-state index contributed by atoms with van der Waals surface area (Å²) in [6, 6.07) is 7.78. The maximum atomic E-state index is 14.4. The van der Waals surface area contributed by atoms with E-state index >= 15 is 0 Å². The average Bonchev–Trinajstić information content (AvgIpc) is 3.92. The first kappa shape index (κ1) is 48.9. The van der Waals surface area contributed by atoms with E-state index in [2.05, 4.69) is 34.8 Å². The Kier molecular flexibility index (Phi) is 20.2. The molecule has 1 fully saturated rings. The van der Waals surface area contributed by atoms with Crippen molar-refractivity contribution >= 4 is 35.0 Å². The third kappa shape index (κ3) is 13.0. The lowest BCUT2D eigenvalue weighted by atomic mass is 9.89. The minimum Gasteiger partial charge on any atom is -0.379 e. The number of ether oxygens (including phenoxy) is 2. The van der Waals surface area contributed by atoms with Crippen molar-refractivity contribution in [3.05, 3.63) is 52.5 Å². The van der Waals surface area contributed by atoms with Crippen molar-refractivity contribution in [2.24, 2.45) is 23.7 Å². The molecule has 13 nitrogen and oxygen atoms in total. The van der Waals surface area contributed by atoms with Gasteiger partial charge < -0.3 is 35.2 Å². The van der Waals surface area contributed by atoms with E-state index in [4.69, 9.17) is 9.47 Å². The van der Waals surface area contributed by atoms with Crippen LogP contribution in [0.5, 0.6) is 0 Å². The fourth-order valence-electron chi connectivity index (χ4n) is 8.48. The molecule has 0 spiro atoms. The molecule has 58 heavy (non-hydrogen) atoms. The Bertz CT molecular complexity index is 1550. The number of benzene rings is 1. The number of thiazole rings is 1. The highest BCUT2D eigenvalue weighted by Gasteiger charge is 2.43. The van der Waals surface area contributed by atoms with Crippen molar-refractivity contribution in [1.82, 2.24) is 35.6 Å². The molecule has 1 aliphatic heterocycles. The number of rotatable bonds is 24. The van der Waals surface area contributed by atoms with Gasteiger partial charge in [0.2, 0.25) is 23.6 Å². The van der Waals surface area contributed by atoms with Gasteiger partial charge in [-0.2, -0.15) is 0 Å². The number of amides is 4. The van der Waals surface area contributed by atoms with Gasteiger partial charge in [-0.05, 0) is 56.7 Å². The number of methoxy groups -OCH3 is 2. The highest BCUT2D eigenvalue weighted by molar-refractivity contribution is 7.09. The Morgan fingerprint density at radius 3 is 2.21 bits per heavy atom. The summed E-state index contributed by atoms with van der Waals surface area (Å²) in [6.07, 6.45) is 3.46. The molecule has 9 atom stereocenters. The van der Waals surface area contributed by atoms with Crippen LogP contribution < -0.4 is 16.0 Å². The van der Waals surface area contributed by atoms with Crippen molar-refractivity contribution in [1.29, 1.82) is 0 Å². The topological polar surface area (TPSA) is 145 Å². The second-order valence-corrected chi connectivity index (χ2v) is 17.6. The molecule has 0 radical (unpaired) electrons. The number of carbonyl (C=O) groups excluding carboxylic acids is 4. The van der Waals surface area contributed by atoms with Crippen LogP contribution in [0.1, 0.15) is 90.8 Å². The summed E-state index contributed by atoms with van der Waals surface area (Å²) in [4.78, 5) is 66.6. The fourth-order valence-corrected chi connectivity index (χ4v) is 9.17. The van der Waals surface area contributed by atoms with Crippen LogP contribution in [0.2, 0.25) is 0 Å². The zero-order chi connectivity index (χ0) is 43.1. The predicted molar refractivity (Wildman–Crippen MR) is 231 cm³/mol. The molecule has 326 valence electrons. The number of carbonyl (C=O) groups is 4. The molecule has 1 saturated heterocycles. The normalized spacial score (nSPS) is 18.7. The van der Waals surface area contributed by atoms with E-state index < -0.39 is 36.3 Å². The summed E-state index contributed by atoms with van der Waals surface area (Å²) >= 11 is 1.51. The van der Waals surface area contributed by atoms with Gasteiger partial charge >= 0.3 is 0 Å². The summed E-state index contributed by atoms with van der Waals surface area (Å²) < 4.78 is 12.1. The molecule has 1 aromatic carbocycles. The lowest BCUT2D eigenvalue weighted by Crippen LogP contribution is -2.60. The molecule has 14 heteroatoms. The number of likely N-dealkylation sites (N-methyl/N-ethyl adjacent to an activating group) is 3. The van der Waals surface area contributed by atoms with Crippen molar-refractivity contribution in [2.75, 3.05) is 55.0 Å². The SMILES string of the molecule is CCC(C)C(C(CC(=O)N1CCC[C@H]1C(OC)C(C)C(=O)NC(Cc1ccccc1)c1nccs1)OC)N(C)C(=O)C(NC(=O)C(C(C)C)N(C)CCNC)C(C)C. The van der Waals surface area contributed by atoms with Crippen LogP contribution in [0.3, 0.4) is 0 Å². The van der Waals surface area contributed by atoms with Gasteiger partial charge in [0.05, 0.1) is 48.7 Å². The Morgan fingerprint density at radius 1 is 0.966 bits per heavy atom. The molecule has 3 rings (SSSR count). The summed E-state index contributed by atoms with van der Waals surface area (Å²) in [5, 5.41) is 12.2. The summed E-state index contributed by atoms with van der Waals surface area (Å²) in [6.45, 7) is 15.8. The molecule has 2 aromatic rings. The van der Waals surface area contributed by atoms with Gasteiger partial charge in [0.1, 0.15) is 11.0 Å². The molecule has 0 bridgehead atoms. The van der Waals surface area contributed by atoms with E-state index in [0.29, 0.717) is 25.9 Å². The maximum absolute atomic E-state index is 14.4. The van der Waals surface area contributed by atoms with E-state index in [-0.39, 0.29) is 59.9 Å². The smallest absolute Gasteiger partial charge is 0.245 e. The number of likely N-dealkylation sites (tertiary alicyclic amines) is 1. The summed E-state index contributed by atoms with van der Waals surface area (Å²) in [5.74, 6) is -1.39. The number of nitrogens with one attached hydrogen (secondary N) is 3. The van der Waals surface area contributed by atoms with Crippen molar-refractivity contribution in [3.63, 3.8) is 0 Å². The molecular weight excluding hydrogens is 755 g/mol. The number of nitrogens with zero attached hydrogens (tertiary/aromatic N) is 4. The third-order valence-electron chi connectivity index (χ3n) is 11.9. The standard InChI is InChI=1S/C44H73N7O6S/c1-13-30(6)39(50(10)44(55)37(28(2)3)48-42(54)38(29(4)5)49(9)24-21-45-8)35(56-11)27-36(52)51-23-17-20-34(51)40(57-12)31(7)41(53)47-33(43-46-22-25-58-43)26-32-18-15-14-16-19-32/h14-16,18-19,22,25,28-31,33-35,37-40,45H,13,17,20-21,23-24,26-27H2,1-12H3,(H,47,53)(H,48,54)/t30?,31?,33?,34-,35?,37?,38?,39?,40?/m0/s1. The molecule has 0 aliphatic carbocycles. The van der Waals surface area contributed by atoms with E-state index in [1.165, 1.54) is 11.3 Å². The molecule has 8 unspecified atom stereocenters. The predicted octanol–water partition coefficient (Wildman–Crippen LogP) is 4.78. The first-order valence-electron chi connectivity index (χ1n) is 21.1. The molecule has 4 amide bonds. The van der Waals surface area contributed by atoms with Crippen molar-refractivity contribution in [3.8, 4) is 0 Å². The zero-order valence-corrected chi connectivity index (χ0v) is 38.0. The second-order valence-electron chi connectivity index (χ2n) is 16.7. The number of hydrogen-bond acceptors (Lipinski definition) is 10. The summed E-state index contributed by atoms with van der Waals surface area (Å²) in [5.41, 5.74) is 1.09. The molecule has 2 heterocycles. The van der Waals surface area contributed by atoms with Crippen LogP contribution in [0.25, 0.3) is 0 Å².